The second-order valence-corrected chi connectivity index (χ2v) is 10.8. The molecule has 0 fully saturated rings. The van der Waals surface area contributed by atoms with Gasteiger partial charge in [-0.05, 0) is 60.4 Å². The van der Waals surface area contributed by atoms with Crippen molar-refractivity contribution < 1.29 is 18.3 Å². The van der Waals surface area contributed by atoms with Crippen molar-refractivity contribution in [2.24, 2.45) is 0 Å². The number of imidazole rings is 1. The molecule has 0 radical (unpaired) electrons. The summed E-state index contributed by atoms with van der Waals surface area (Å²) in [6, 6.07) is 15.4. The number of sulfone groups is 1. The highest BCUT2D eigenvalue weighted by Gasteiger charge is 2.20. The summed E-state index contributed by atoms with van der Waals surface area (Å²) in [5.74, 6) is -0.595. The van der Waals surface area contributed by atoms with Crippen LogP contribution in [0.3, 0.4) is 0 Å². The number of benzene rings is 3. The molecule has 0 aliphatic rings. The lowest BCUT2D eigenvalue weighted by Gasteiger charge is -2.12. The quantitative estimate of drug-likeness (QED) is 0.360. The van der Waals surface area contributed by atoms with Gasteiger partial charge in [0.1, 0.15) is 5.82 Å². The van der Waals surface area contributed by atoms with Gasteiger partial charge in [0.25, 0.3) is 0 Å². The molecule has 1 N–H and O–H groups in total. The number of halogens is 1. The molecule has 8 heteroatoms. The van der Waals surface area contributed by atoms with Crippen LogP contribution >= 0.6 is 11.6 Å². The van der Waals surface area contributed by atoms with Crippen LogP contribution in [0.4, 0.5) is 0 Å². The smallest absolute Gasteiger partial charge is 0.337 e. The molecule has 0 bridgehead atoms. The van der Waals surface area contributed by atoms with Gasteiger partial charge in [0.15, 0.2) is 9.84 Å². The SMILES string of the molecule is CCc1nc2cc(C)cc(C)c2n1Cc1ccc(S(=O)(=O)Cc2cccc(C(=O)O)c2Cl)cc1. The van der Waals surface area contributed by atoms with Crippen LogP contribution < -0.4 is 0 Å². The number of carboxylic acid groups (broad SMARTS) is 1. The Hall–Kier alpha value is -3.16. The van der Waals surface area contributed by atoms with Crippen LogP contribution in [0.5, 0.6) is 0 Å². The van der Waals surface area contributed by atoms with Crippen LogP contribution in [0.1, 0.15) is 45.4 Å². The minimum absolute atomic E-state index is 0.0557. The number of rotatable bonds is 7. The van der Waals surface area contributed by atoms with Crippen molar-refractivity contribution in [1.29, 1.82) is 0 Å². The second kappa shape index (κ2) is 9.24. The normalized spacial score (nSPS) is 11.8. The zero-order chi connectivity index (χ0) is 24.6. The first-order chi connectivity index (χ1) is 16.1. The molecular formula is C26H25ClN2O4S. The van der Waals surface area contributed by atoms with Crippen LogP contribution in [0.2, 0.25) is 5.02 Å². The van der Waals surface area contributed by atoms with Gasteiger partial charge in [0.2, 0.25) is 0 Å². The molecule has 0 saturated carbocycles. The highest BCUT2D eigenvalue weighted by atomic mass is 35.5. The van der Waals surface area contributed by atoms with Crippen LogP contribution in [-0.2, 0) is 28.6 Å². The van der Waals surface area contributed by atoms with Gasteiger partial charge in [-0.2, -0.15) is 0 Å². The predicted octanol–water partition coefficient (Wildman–Crippen LogP) is 5.59. The number of hydrogen-bond donors (Lipinski definition) is 1. The average molecular weight is 497 g/mol. The number of carboxylic acids is 1. The molecule has 3 aromatic carbocycles. The maximum Gasteiger partial charge on any atom is 0.337 e. The Balaban J connectivity index is 1.62. The van der Waals surface area contributed by atoms with Gasteiger partial charge >= 0.3 is 5.97 Å². The molecular weight excluding hydrogens is 472 g/mol. The van der Waals surface area contributed by atoms with Crippen molar-refractivity contribution in [2.75, 3.05) is 0 Å². The summed E-state index contributed by atoms with van der Waals surface area (Å²) in [7, 11) is -3.71. The van der Waals surface area contributed by atoms with Crippen molar-refractivity contribution in [1.82, 2.24) is 9.55 Å². The molecule has 0 unspecified atom stereocenters. The van der Waals surface area contributed by atoms with Crippen molar-refractivity contribution in [3.8, 4) is 0 Å². The first kappa shape index (κ1) is 24.0. The molecule has 4 aromatic rings. The number of aromatic carboxylic acids is 1. The molecule has 0 aliphatic heterocycles. The molecule has 0 saturated heterocycles. The Morgan fingerprint density at radius 3 is 2.44 bits per heavy atom. The van der Waals surface area contributed by atoms with E-state index in [1.807, 2.05) is 0 Å². The van der Waals surface area contributed by atoms with Crippen molar-refractivity contribution in [2.45, 2.75) is 44.4 Å². The Morgan fingerprint density at radius 2 is 1.79 bits per heavy atom. The molecule has 4 rings (SSSR count). The van der Waals surface area contributed by atoms with E-state index in [1.165, 1.54) is 23.8 Å². The first-order valence-corrected chi connectivity index (χ1v) is 12.9. The Morgan fingerprint density at radius 1 is 1.09 bits per heavy atom. The van der Waals surface area contributed by atoms with Gasteiger partial charge in [-0.1, -0.05) is 48.9 Å². The number of fused-ring (bicyclic) bond motifs is 1. The summed E-state index contributed by atoms with van der Waals surface area (Å²) in [5.41, 5.74) is 5.48. The van der Waals surface area contributed by atoms with Crippen LogP contribution in [0.15, 0.2) is 59.5 Å². The van der Waals surface area contributed by atoms with Gasteiger partial charge in [-0.25, -0.2) is 18.2 Å². The number of hydrogen-bond acceptors (Lipinski definition) is 4. The lowest BCUT2D eigenvalue weighted by molar-refractivity contribution is 0.0697. The van der Waals surface area contributed by atoms with E-state index in [9.17, 15) is 18.3 Å². The third-order valence-corrected chi connectivity index (χ3v) is 7.98. The minimum atomic E-state index is -3.71. The lowest BCUT2D eigenvalue weighted by atomic mass is 10.1. The summed E-state index contributed by atoms with van der Waals surface area (Å²) in [4.78, 5) is 16.3. The lowest BCUT2D eigenvalue weighted by Crippen LogP contribution is -2.08. The van der Waals surface area contributed by atoms with Gasteiger partial charge in [0.05, 0.1) is 32.3 Å². The van der Waals surface area contributed by atoms with Crippen LogP contribution in [0.25, 0.3) is 11.0 Å². The van der Waals surface area contributed by atoms with Gasteiger partial charge < -0.3 is 9.67 Å². The van der Waals surface area contributed by atoms with Gasteiger partial charge in [0, 0.05) is 13.0 Å². The molecule has 0 aliphatic carbocycles. The third-order valence-electron chi connectivity index (χ3n) is 5.85. The van der Waals surface area contributed by atoms with E-state index in [0.717, 1.165) is 34.4 Å². The maximum atomic E-state index is 13.0. The van der Waals surface area contributed by atoms with Gasteiger partial charge in [-0.15, -0.1) is 0 Å². The zero-order valence-corrected chi connectivity index (χ0v) is 20.7. The van der Waals surface area contributed by atoms with Crippen LogP contribution in [-0.4, -0.2) is 29.0 Å². The highest BCUT2D eigenvalue weighted by molar-refractivity contribution is 7.90. The van der Waals surface area contributed by atoms with E-state index in [4.69, 9.17) is 16.6 Å². The molecule has 6 nitrogen and oxygen atoms in total. The minimum Gasteiger partial charge on any atom is -0.478 e. The standard InChI is InChI=1S/C26H25ClN2O4S/c1-4-23-28-22-13-16(2)12-17(3)25(22)29(23)14-18-8-10-20(11-9-18)34(32,33)15-19-6-5-7-21(24(19)27)26(30)31/h5-13H,4,14-15H2,1-3H3,(H,30,31). The van der Waals surface area contributed by atoms with Crippen molar-refractivity contribution in [3.63, 3.8) is 0 Å². The number of aromatic nitrogens is 2. The van der Waals surface area contributed by atoms with E-state index in [-0.39, 0.29) is 26.8 Å². The summed E-state index contributed by atoms with van der Waals surface area (Å²) in [5, 5.41) is 9.18. The molecule has 0 spiro atoms. The molecule has 1 aromatic heterocycles. The van der Waals surface area contributed by atoms with Crippen molar-refractivity contribution >= 4 is 38.4 Å². The van der Waals surface area contributed by atoms with Crippen LogP contribution in [0, 0.1) is 13.8 Å². The van der Waals surface area contributed by atoms with E-state index in [2.05, 4.69) is 37.5 Å². The largest absolute Gasteiger partial charge is 0.478 e. The van der Waals surface area contributed by atoms with Crippen molar-refractivity contribution in [3.05, 3.63) is 93.3 Å². The van der Waals surface area contributed by atoms with Gasteiger partial charge in [-0.3, -0.25) is 0 Å². The molecule has 34 heavy (non-hydrogen) atoms. The summed E-state index contributed by atoms with van der Waals surface area (Å²) >= 11 is 6.15. The fourth-order valence-corrected chi connectivity index (χ4v) is 5.99. The molecule has 176 valence electrons. The topological polar surface area (TPSA) is 89.3 Å². The summed E-state index contributed by atoms with van der Waals surface area (Å²) in [6.07, 6.45) is 0.787. The number of aryl methyl sites for hydroxylation is 3. The fourth-order valence-electron chi connectivity index (χ4n) is 4.27. The monoisotopic (exact) mass is 496 g/mol. The molecule has 0 amide bonds. The Kier molecular flexibility index (Phi) is 6.51. The summed E-state index contributed by atoms with van der Waals surface area (Å²) in [6.45, 7) is 6.78. The first-order valence-electron chi connectivity index (χ1n) is 10.9. The van der Waals surface area contributed by atoms with E-state index >= 15 is 0 Å². The number of carbonyl (C=O) groups is 1. The summed E-state index contributed by atoms with van der Waals surface area (Å²) < 4.78 is 28.2. The average Bonchev–Trinajstić information content (AvgIpc) is 3.12. The zero-order valence-electron chi connectivity index (χ0n) is 19.2. The Bertz CT molecular complexity index is 1510. The molecule has 0 atom stereocenters. The second-order valence-electron chi connectivity index (χ2n) is 8.40. The molecule has 1 heterocycles. The highest BCUT2D eigenvalue weighted by Crippen LogP contribution is 2.27. The third kappa shape index (κ3) is 4.58. The fraction of sp³-hybridized carbons (Fsp3) is 0.231. The van der Waals surface area contributed by atoms with E-state index in [0.29, 0.717) is 6.54 Å². The maximum absolute atomic E-state index is 13.0. The number of nitrogens with zero attached hydrogens (tertiary/aromatic N) is 2. The predicted molar refractivity (Wildman–Crippen MR) is 133 cm³/mol. The van der Waals surface area contributed by atoms with E-state index < -0.39 is 15.8 Å². The van der Waals surface area contributed by atoms with E-state index in [1.54, 1.807) is 24.3 Å². The Labute approximate surface area is 203 Å².